The van der Waals surface area contributed by atoms with Gasteiger partial charge in [-0.2, -0.15) is 0 Å². The molecule has 104 valence electrons. The molecule has 0 bridgehead atoms. The molecule has 2 heterocycles. The van der Waals surface area contributed by atoms with Crippen LogP contribution >= 0.6 is 0 Å². The number of fused-ring (bicyclic) bond motifs is 1. The monoisotopic (exact) mass is 271 g/mol. The van der Waals surface area contributed by atoms with E-state index >= 15 is 0 Å². The molecule has 0 aliphatic carbocycles. The van der Waals surface area contributed by atoms with Crippen LogP contribution in [0.1, 0.15) is 25.3 Å². The number of aromatic nitrogens is 4. The fraction of sp³-hybridized carbons (Fsp3) is 0.357. The molecule has 0 amide bonds. The first-order chi connectivity index (χ1) is 9.72. The van der Waals surface area contributed by atoms with E-state index < -0.39 is 0 Å². The van der Waals surface area contributed by atoms with Crippen LogP contribution in [0.3, 0.4) is 0 Å². The van der Waals surface area contributed by atoms with Crippen molar-refractivity contribution in [2.24, 2.45) is 0 Å². The van der Waals surface area contributed by atoms with Crippen LogP contribution in [0.5, 0.6) is 0 Å². The van der Waals surface area contributed by atoms with Crippen molar-refractivity contribution in [1.29, 1.82) is 0 Å². The minimum Gasteiger partial charge on any atom is -0.359 e. The molecule has 0 saturated carbocycles. The highest BCUT2D eigenvalue weighted by Crippen LogP contribution is 2.12. The van der Waals surface area contributed by atoms with E-state index in [0.717, 1.165) is 22.5 Å². The SMILES string of the molecule is CC(C)NCc1cc(Cn2nnc3ccccc32)on1. The number of rotatable bonds is 5. The van der Waals surface area contributed by atoms with Crippen molar-refractivity contribution < 1.29 is 4.52 Å². The maximum absolute atomic E-state index is 5.34. The zero-order valence-electron chi connectivity index (χ0n) is 11.6. The molecule has 3 aromatic rings. The Labute approximate surface area is 116 Å². The predicted molar refractivity (Wildman–Crippen MR) is 75.1 cm³/mol. The van der Waals surface area contributed by atoms with Crippen molar-refractivity contribution in [3.05, 3.63) is 41.8 Å². The predicted octanol–water partition coefficient (Wildman–Crippen LogP) is 1.97. The van der Waals surface area contributed by atoms with Gasteiger partial charge in [0.1, 0.15) is 12.1 Å². The molecule has 1 aromatic carbocycles. The molecule has 0 aliphatic heterocycles. The lowest BCUT2D eigenvalue weighted by molar-refractivity contribution is 0.364. The maximum atomic E-state index is 5.34. The highest BCUT2D eigenvalue weighted by molar-refractivity contribution is 5.73. The molecule has 6 nitrogen and oxygen atoms in total. The smallest absolute Gasteiger partial charge is 0.158 e. The molecule has 3 rings (SSSR count). The van der Waals surface area contributed by atoms with Crippen LogP contribution in [-0.2, 0) is 13.1 Å². The summed E-state index contributed by atoms with van der Waals surface area (Å²) in [5.41, 5.74) is 2.78. The normalized spacial score (nSPS) is 11.6. The van der Waals surface area contributed by atoms with Crippen LogP contribution in [0.15, 0.2) is 34.9 Å². The Hall–Kier alpha value is -2.21. The summed E-state index contributed by atoms with van der Waals surface area (Å²) in [5, 5.41) is 15.6. The van der Waals surface area contributed by atoms with Gasteiger partial charge in [0.15, 0.2) is 5.76 Å². The van der Waals surface area contributed by atoms with Crippen LogP contribution in [0, 0.1) is 0 Å². The molecule has 6 heteroatoms. The average Bonchev–Trinajstić information content (AvgIpc) is 3.05. The Morgan fingerprint density at radius 3 is 3.00 bits per heavy atom. The number of nitrogens with zero attached hydrogens (tertiary/aromatic N) is 4. The van der Waals surface area contributed by atoms with Crippen molar-refractivity contribution >= 4 is 11.0 Å². The third-order valence-corrected chi connectivity index (χ3v) is 3.03. The molecule has 2 aromatic heterocycles. The van der Waals surface area contributed by atoms with E-state index in [0.29, 0.717) is 19.1 Å². The second-order valence-corrected chi connectivity index (χ2v) is 5.06. The van der Waals surface area contributed by atoms with E-state index in [1.165, 1.54) is 0 Å². The van der Waals surface area contributed by atoms with Gasteiger partial charge in [-0.05, 0) is 12.1 Å². The summed E-state index contributed by atoms with van der Waals surface area (Å²) in [5.74, 6) is 0.779. The van der Waals surface area contributed by atoms with Crippen molar-refractivity contribution in [2.75, 3.05) is 0 Å². The highest BCUT2D eigenvalue weighted by Gasteiger charge is 2.09. The fourth-order valence-electron chi connectivity index (χ4n) is 2.00. The first-order valence-electron chi connectivity index (χ1n) is 6.68. The molecule has 0 unspecified atom stereocenters. The van der Waals surface area contributed by atoms with Crippen LogP contribution in [-0.4, -0.2) is 26.2 Å². The Balaban J connectivity index is 1.74. The minimum absolute atomic E-state index is 0.425. The van der Waals surface area contributed by atoms with E-state index in [2.05, 4.69) is 34.6 Å². The summed E-state index contributed by atoms with van der Waals surface area (Å²) < 4.78 is 7.16. The summed E-state index contributed by atoms with van der Waals surface area (Å²) >= 11 is 0. The summed E-state index contributed by atoms with van der Waals surface area (Å²) in [6.07, 6.45) is 0. The minimum atomic E-state index is 0.425. The topological polar surface area (TPSA) is 68.8 Å². The van der Waals surface area contributed by atoms with Gasteiger partial charge in [-0.1, -0.05) is 36.4 Å². The molecule has 0 fully saturated rings. The highest BCUT2D eigenvalue weighted by atomic mass is 16.5. The van der Waals surface area contributed by atoms with Crippen LogP contribution in [0.2, 0.25) is 0 Å². The van der Waals surface area contributed by atoms with Crippen LogP contribution in [0.25, 0.3) is 11.0 Å². The third kappa shape index (κ3) is 2.70. The van der Waals surface area contributed by atoms with Crippen molar-refractivity contribution in [3.8, 4) is 0 Å². The van der Waals surface area contributed by atoms with Gasteiger partial charge < -0.3 is 9.84 Å². The zero-order chi connectivity index (χ0) is 13.9. The van der Waals surface area contributed by atoms with Gasteiger partial charge in [-0.15, -0.1) is 5.10 Å². The molecular weight excluding hydrogens is 254 g/mol. The Morgan fingerprint density at radius 1 is 1.30 bits per heavy atom. The standard InChI is InChI=1S/C14H17N5O/c1-10(2)15-8-11-7-12(20-17-11)9-19-14-6-4-3-5-13(14)16-18-19/h3-7,10,15H,8-9H2,1-2H3. The molecule has 0 aliphatic rings. The lowest BCUT2D eigenvalue weighted by Crippen LogP contribution is -2.21. The average molecular weight is 271 g/mol. The van der Waals surface area contributed by atoms with E-state index in [4.69, 9.17) is 4.52 Å². The second-order valence-electron chi connectivity index (χ2n) is 5.06. The lowest BCUT2D eigenvalue weighted by atomic mass is 10.3. The zero-order valence-corrected chi connectivity index (χ0v) is 11.6. The summed E-state index contributed by atoms with van der Waals surface area (Å²) in [6, 6.07) is 10.2. The molecule has 0 saturated heterocycles. The molecule has 0 radical (unpaired) electrons. The molecule has 0 spiro atoms. The third-order valence-electron chi connectivity index (χ3n) is 3.03. The van der Waals surface area contributed by atoms with Crippen molar-refractivity contribution in [1.82, 2.24) is 25.5 Å². The van der Waals surface area contributed by atoms with E-state index in [1.54, 1.807) is 0 Å². The van der Waals surface area contributed by atoms with Gasteiger partial charge in [0, 0.05) is 18.7 Å². The quantitative estimate of drug-likeness (QED) is 0.768. The maximum Gasteiger partial charge on any atom is 0.158 e. The first-order valence-corrected chi connectivity index (χ1v) is 6.68. The number of para-hydroxylation sites is 1. The summed E-state index contributed by atoms with van der Waals surface area (Å²) in [7, 11) is 0. The van der Waals surface area contributed by atoms with Gasteiger partial charge in [-0.25, -0.2) is 4.68 Å². The van der Waals surface area contributed by atoms with Gasteiger partial charge in [0.25, 0.3) is 0 Å². The molecule has 1 N–H and O–H groups in total. The van der Waals surface area contributed by atoms with E-state index in [9.17, 15) is 0 Å². The number of benzene rings is 1. The largest absolute Gasteiger partial charge is 0.359 e. The number of hydrogen-bond donors (Lipinski definition) is 1. The van der Waals surface area contributed by atoms with E-state index in [1.807, 2.05) is 35.0 Å². The number of hydrogen-bond acceptors (Lipinski definition) is 5. The van der Waals surface area contributed by atoms with Gasteiger partial charge >= 0.3 is 0 Å². The number of nitrogens with one attached hydrogen (secondary N) is 1. The molecule has 0 atom stereocenters. The Morgan fingerprint density at radius 2 is 2.15 bits per heavy atom. The molecular formula is C14H17N5O. The van der Waals surface area contributed by atoms with Crippen molar-refractivity contribution in [3.63, 3.8) is 0 Å². The fourth-order valence-corrected chi connectivity index (χ4v) is 2.00. The Bertz CT molecular complexity index is 700. The summed E-state index contributed by atoms with van der Waals surface area (Å²) in [4.78, 5) is 0. The second kappa shape index (κ2) is 5.42. The Kier molecular flexibility index (Phi) is 3.47. The van der Waals surface area contributed by atoms with Gasteiger partial charge in [0.2, 0.25) is 0 Å². The lowest BCUT2D eigenvalue weighted by Gasteiger charge is -2.03. The van der Waals surface area contributed by atoms with Crippen LogP contribution in [0.4, 0.5) is 0 Å². The van der Waals surface area contributed by atoms with Gasteiger partial charge in [0.05, 0.1) is 11.2 Å². The summed E-state index contributed by atoms with van der Waals surface area (Å²) in [6.45, 7) is 5.44. The van der Waals surface area contributed by atoms with Crippen LogP contribution < -0.4 is 5.32 Å². The first kappa shape index (κ1) is 12.8. The van der Waals surface area contributed by atoms with Crippen molar-refractivity contribution in [2.45, 2.75) is 33.0 Å². The van der Waals surface area contributed by atoms with E-state index in [-0.39, 0.29) is 0 Å². The molecule has 20 heavy (non-hydrogen) atoms. The van der Waals surface area contributed by atoms with Gasteiger partial charge in [-0.3, -0.25) is 0 Å².